The minimum Gasteiger partial charge on any atom is -0.316 e. The molecule has 0 amide bonds. The van der Waals surface area contributed by atoms with E-state index in [1.54, 1.807) is 0 Å². The fraction of sp³-hybridized carbons (Fsp3) is 0.636. The number of rotatable bonds is 5. The van der Waals surface area contributed by atoms with E-state index in [0.717, 1.165) is 12.5 Å². The van der Waals surface area contributed by atoms with Gasteiger partial charge in [0.25, 0.3) is 0 Å². The summed E-state index contributed by atoms with van der Waals surface area (Å²) in [5.41, 5.74) is 0. The first-order valence-corrected chi connectivity index (χ1v) is 7.29. The van der Waals surface area contributed by atoms with Crippen molar-refractivity contribution in [1.29, 1.82) is 0 Å². The van der Waals surface area contributed by atoms with E-state index in [4.69, 9.17) is 0 Å². The largest absolute Gasteiger partial charge is 0.316 e. The van der Waals surface area contributed by atoms with Crippen LogP contribution in [0.15, 0.2) is 17.5 Å². The molecule has 3 heteroatoms. The predicted octanol–water partition coefficient (Wildman–Crippen LogP) is 2.63. The Hall–Kier alpha value is 0.01000. The van der Waals surface area contributed by atoms with E-state index >= 15 is 0 Å². The zero-order valence-electron chi connectivity index (χ0n) is 8.37. The van der Waals surface area contributed by atoms with Gasteiger partial charge in [0.2, 0.25) is 0 Å². The van der Waals surface area contributed by atoms with Crippen molar-refractivity contribution in [3.63, 3.8) is 0 Å². The second kappa shape index (κ2) is 5.79. The number of nitrogens with one attached hydrogen (secondary N) is 1. The minimum atomic E-state index is 0.934. The molecule has 0 aromatic carbocycles. The molecule has 0 bridgehead atoms. The minimum absolute atomic E-state index is 0.934. The van der Waals surface area contributed by atoms with Gasteiger partial charge in [0.05, 0.1) is 0 Å². The lowest BCUT2D eigenvalue weighted by atomic mass is 10.1. The highest BCUT2D eigenvalue weighted by molar-refractivity contribution is 7.99. The van der Waals surface area contributed by atoms with Crippen LogP contribution in [0, 0.1) is 5.92 Å². The first kappa shape index (κ1) is 10.5. The fourth-order valence-electron chi connectivity index (χ4n) is 1.72. The number of hydrogen-bond donors (Lipinski definition) is 1. The SMILES string of the molecule is c1csc(CCNCC2CCSC2)c1. The van der Waals surface area contributed by atoms with Gasteiger partial charge in [-0.1, -0.05) is 6.07 Å². The topological polar surface area (TPSA) is 12.0 Å². The molecule has 1 aromatic heterocycles. The number of thiophene rings is 1. The molecule has 0 spiro atoms. The quantitative estimate of drug-likeness (QED) is 0.776. The van der Waals surface area contributed by atoms with Crippen molar-refractivity contribution in [2.75, 3.05) is 24.6 Å². The monoisotopic (exact) mass is 227 g/mol. The van der Waals surface area contributed by atoms with E-state index in [-0.39, 0.29) is 0 Å². The van der Waals surface area contributed by atoms with Crippen molar-refractivity contribution in [3.05, 3.63) is 22.4 Å². The average Bonchev–Trinajstić information content (AvgIpc) is 2.86. The summed E-state index contributed by atoms with van der Waals surface area (Å²) in [6.45, 7) is 2.36. The van der Waals surface area contributed by atoms with Crippen molar-refractivity contribution in [3.8, 4) is 0 Å². The third-order valence-corrected chi connectivity index (χ3v) is 4.75. The van der Waals surface area contributed by atoms with Gasteiger partial charge in [0, 0.05) is 4.88 Å². The zero-order chi connectivity index (χ0) is 9.64. The fourth-order valence-corrected chi connectivity index (χ4v) is 3.71. The Morgan fingerprint density at radius 3 is 3.21 bits per heavy atom. The van der Waals surface area contributed by atoms with Crippen molar-refractivity contribution in [1.82, 2.24) is 5.32 Å². The molecule has 1 atom stereocenters. The van der Waals surface area contributed by atoms with Crippen LogP contribution in [0.4, 0.5) is 0 Å². The molecule has 1 N–H and O–H groups in total. The van der Waals surface area contributed by atoms with Crippen LogP contribution in [-0.4, -0.2) is 24.6 Å². The summed E-state index contributed by atoms with van der Waals surface area (Å²) in [5, 5.41) is 5.71. The normalized spacial score (nSPS) is 21.6. The number of thioether (sulfide) groups is 1. The van der Waals surface area contributed by atoms with E-state index in [0.29, 0.717) is 0 Å². The molecule has 2 heterocycles. The maximum absolute atomic E-state index is 3.56. The van der Waals surface area contributed by atoms with Gasteiger partial charge in [-0.25, -0.2) is 0 Å². The van der Waals surface area contributed by atoms with E-state index < -0.39 is 0 Å². The van der Waals surface area contributed by atoms with Crippen molar-refractivity contribution < 1.29 is 0 Å². The molecule has 78 valence electrons. The Morgan fingerprint density at radius 1 is 1.50 bits per heavy atom. The molecule has 2 rings (SSSR count). The molecular formula is C11H17NS2. The van der Waals surface area contributed by atoms with Crippen LogP contribution in [0.25, 0.3) is 0 Å². The van der Waals surface area contributed by atoms with Crippen LogP contribution < -0.4 is 5.32 Å². The molecular weight excluding hydrogens is 210 g/mol. The second-order valence-corrected chi connectivity index (χ2v) is 5.95. The lowest BCUT2D eigenvalue weighted by molar-refractivity contribution is 0.526. The summed E-state index contributed by atoms with van der Waals surface area (Å²) in [5.74, 6) is 3.67. The standard InChI is InChI=1S/C11H17NS2/c1-2-11(14-6-1)3-5-12-8-10-4-7-13-9-10/h1-2,6,10,12H,3-5,7-9H2. The highest BCUT2D eigenvalue weighted by Crippen LogP contribution is 2.22. The Balaban J connectivity index is 1.55. The second-order valence-electron chi connectivity index (χ2n) is 3.76. The van der Waals surface area contributed by atoms with Crippen LogP contribution in [-0.2, 0) is 6.42 Å². The first-order valence-electron chi connectivity index (χ1n) is 5.26. The summed E-state index contributed by atoms with van der Waals surface area (Å²) in [6.07, 6.45) is 2.61. The van der Waals surface area contributed by atoms with Crippen LogP contribution in [0.2, 0.25) is 0 Å². The summed E-state index contributed by atoms with van der Waals surface area (Å²) in [7, 11) is 0. The zero-order valence-corrected chi connectivity index (χ0v) is 10.0. The van der Waals surface area contributed by atoms with Gasteiger partial charge in [0.15, 0.2) is 0 Å². The van der Waals surface area contributed by atoms with Gasteiger partial charge in [0.1, 0.15) is 0 Å². The molecule has 1 nitrogen and oxygen atoms in total. The van der Waals surface area contributed by atoms with Crippen molar-refractivity contribution >= 4 is 23.1 Å². The van der Waals surface area contributed by atoms with Gasteiger partial charge < -0.3 is 5.32 Å². The Morgan fingerprint density at radius 2 is 2.50 bits per heavy atom. The van der Waals surface area contributed by atoms with Gasteiger partial charge in [-0.15, -0.1) is 11.3 Å². The first-order chi connectivity index (χ1) is 6.95. The predicted molar refractivity (Wildman–Crippen MR) is 66.3 cm³/mol. The smallest absolute Gasteiger partial charge is 0.00578 e. The van der Waals surface area contributed by atoms with Crippen LogP contribution >= 0.6 is 23.1 Å². The molecule has 0 aliphatic carbocycles. The summed E-state index contributed by atoms with van der Waals surface area (Å²) in [4.78, 5) is 1.50. The highest BCUT2D eigenvalue weighted by Gasteiger charge is 2.14. The average molecular weight is 227 g/mol. The molecule has 1 saturated heterocycles. The molecule has 1 aliphatic heterocycles. The Labute approximate surface area is 94.3 Å². The van der Waals surface area contributed by atoms with Crippen LogP contribution in [0.5, 0.6) is 0 Å². The highest BCUT2D eigenvalue weighted by atomic mass is 32.2. The Bertz CT molecular complexity index is 240. The Kier molecular flexibility index (Phi) is 4.35. The summed E-state index contributed by atoms with van der Waals surface area (Å²) < 4.78 is 0. The molecule has 0 radical (unpaired) electrons. The van der Waals surface area contributed by atoms with E-state index in [2.05, 4.69) is 34.6 Å². The lowest BCUT2D eigenvalue weighted by Crippen LogP contribution is -2.24. The third-order valence-electron chi connectivity index (χ3n) is 2.59. The van der Waals surface area contributed by atoms with Gasteiger partial charge in [-0.2, -0.15) is 11.8 Å². The summed E-state index contributed by atoms with van der Waals surface area (Å²) in [6, 6.07) is 4.35. The summed E-state index contributed by atoms with van der Waals surface area (Å²) >= 11 is 3.96. The van der Waals surface area contributed by atoms with Crippen molar-refractivity contribution in [2.45, 2.75) is 12.8 Å². The van der Waals surface area contributed by atoms with Gasteiger partial charge in [-0.3, -0.25) is 0 Å². The van der Waals surface area contributed by atoms with Gasteiger partial charge >= 0.3 is 0 Å². The maximum Gasteiger partial charge on any atom is 0.00578 e. The molecule has 1 aliphatic rings. The third kappa shape index (κ3) is 3.30. The maximum atomic E-state index is 3.56. The van der Waals surface area contributed by atoms with Crippen LogP contribution in [0.1, 0.15) is 11.3 Å². The lowest BCUT2D eigenvalue weighted by Gasteiger charge is -2.08. The molecule has 14 heavy (non-hydrogen) atoms. The van der Waals surface area contributed by atoms with Gasteiger partial charge in [-0.05, 0) is 54.8 Å². The molecule has 0 saturated carbocycles. The molecule has 1 unspecified atom stereocenters. The number of hydrogen-bond acceptors (Lipinski definition) is 3. The van der Waals surface area contributed by atoms with E-state index in [9.17, 15) is 0 Å². The molecule has 1 aromatic rings. The van der Waals surface area contributed by atoms with Crippen LogP contribution in [0.3, 0.4) is 0 Å². The van der Waals surface area contributed by atoms with Crippen molar-refractivity contribution in [2.24, 2.45) is 5.92 Å². The van der Waals surface area contributed by atoms with E-state index in [1.807, 2.05) is 11.3 Å². The molecule has 1 fully saturated rings. The van der Waals surface area contributed by atoms with E-state index in [1.165, 1.54) is 35.8 Å².